The number of methoxy groups -OCH3 is 1. The van der Waals surface area contributed by atoms with Crippen molar-refractivity contribution in [3.05, 3.63) is 39.5 Å². The van der Waals surface area contributed by atoms with E-state index in [1.165, 1.54) is 11.3 Å². The molecule has 5 nitrogen and oxygen atoms in total. The largest absolute Gasteiger partial charge is 0.496 e. The number of aromatic amines is 1. The van der Waals surface area contributed by atoms with Gasteiger partial charge in [-0.15, -0.1) is 11.3 Å². The Balaban J connectivity index is 1.92. The number of rotatable bonds is 8. The van der Waals surface area contributed by atoms with E-state index < -0.39 is 0 Å². The fraction of sp³-hybridized carbons (Fsp3) is 0.400. The van der Waals surface area contributed by atoms with Crippen LogP contribution in [0.2, 0.25) is 0 Å². The third-order valence-corrected chi connectivity index (χ3v) is 6.33. The van der Waals surface area contributed by atoms with Gasteiger partial charge < -0.3 is 14.6 Å². The van der Waals surface area contributed by atoms with Crippen molar-refractivity contribution in [3.63, 3.8) is 0 Å². The van der Waals surface area contributed by atoms with Crippen LogP contribution in [-0.2, 0) is 0 Å². The highest BCUT2D eigenvalue weighted by Gasteiger charge is 2.16. The molecule has 7 heteroatoms. The number of aryl methyl sites for hydroxylation is 1. The van der Waals surface area contributed by atoms with Gasteiger partial charge in [-0.3, -0.25) is 4.79 Å². The number of nitrogens with zero attached hydrogens (tertiary/aromatic N) is 2. The van der Waals surface area contributed by atoms with E-state index in [1.807, 2.05) is 30.5 Å². The second-order valence-electron chi connectivity index (χ2n) is 6.28. The van der Waals surface area contributed by atoms with Crippen molar-refractivity contribution in [2.75, 3.05) is 32.5 Å². The van der Waals surface area contributed by atoms with Crippen molar-refractivity contribution in [1.29, 1.82) is 0 Å². The van der Waals surface area contributed by atoms with Gasteiger partial charge in [0.2, 0.25) is 0 Å². The molecule has 0 saturated heterocycles. The number of fused-ring (bicyclic) bond motifs is 1. The van der Waals surface area contributed by atoms with Gasteiger partial charge >= 0.3 is 0 Å². The maximum absolute atomic E-state index is 12.8. The third-order valence-electron chi connectivity index (χ3n) is 4.61. The van der Waals surface area contributed by atoms with Gasteiger partial charge in [-0.05, 0) is 32.1 Å². The summed E-state index contributed by atoms with van der Waals surface area (Å²) in [4.78, 5) is 23.5. The summed E-state index contributed by atoms with van der Waals surface area (Å²) >= 11 is 3.10. The standard InChI is InChI=1S/C20H25N3O2S2/c1-5-23(6-2)9-10-26-20-21-18(24)17-15(12-27-19(17)22-20)14-11-13(3)7-8-16(14)25-4/h7-8,11-12H,5-6,9-10H2,1-4H3,(H,21,22,24). The lowest BCUT2D eigenvalue weighted by atomic mass is 10.0. The molecule has 0 aliphatic rings. The van der Waals surface area contributed by atoms with Crippen molar-refractivity contribution in [2.24, 2.45) is 0 Å². The van der Waals surface area contributed by atoms with Crippen LogP contribution in [-0.4, -0.2) is 47.4 Å². The van der Waals surface area contributed by atoms with Crippen molar-refractivity contribution < 1.29 is 4.74 Å². The normalized spacial score (nSPS) is 11.4. The number of nitrogens with one attached hydrogen (secondary N) is 1. The van der Waals surface area contributed by atoms with E-state index in [9.17, 15) is 4.79 Å². The smallest absolute Gasteiger partial charge is 0.260 e. The monoisotopic (exact) mass is 403 g/mol. The zero-order valence-electron chi connectivity index (χ0n) is 16.2. The predicted octanol–water partition coefficient (Wildman–Crippen LogP) is 4.40. The molecule has 0 aliphatic carbocycles. The summed E-state index contributed by atoms with van der Waals surface area (Å²) in [7, 11) is 1.65. The Labute approximate surface area is 167 Å². The predicted molar refractivity (Wildman–Crippen MR) is 115 cm³/mol. The van der Waals surface area contributed by atoms with Crippen LogP contribution in [0.3, 0.4) is 0 Å². The van der Waals surface area contributed by atoms with E-state index in [1.54, 1.807) is 18.9 Å². The van der Waals surface area contributed by atoms with Crippen LogP contribution in [0.15, 0.2) is 33.5 Å². The van der Waals surface area contributed by atoms with Gasteiger partial charge in [0.05, 0.1) is 12.5 Å². The van der Waals surface area contributed by atoms with E-state index in [0.29, 0.717) is 10.5 Å². The number of aromatic nitrogens is 2. The highest BCUT2D eigenvalue weighted by Crippen LogP contribution is 2.37. The van der Waals surface area contributed by atoms with Gasteiger partial charge in [-0.1, -0.05) is 37.2 Å². The van der Waals surface area contributed by atoms with Crippen molar-refractivity contribution in [2.45, 2.75) is 25.9 Å². The molecule has 2 aromatic heterocycles. The lowest BCUT2D eigenvalue weighted by Gasteiger charge is -2.16. The molecule has 0 unspecified atom stereocenters. The summed E-state index contributed by atoms with van der Waals surface area (Å²) in [6.07, 6.45) is 0. The number of H-pyrrole nitrogens is 1. The van der Waals surface area contributed by atoms with Crippen LogP contribution >= 0.6 is 23.1 Å². The fourth-order valence-corrected chi connectivity index (χ4v) is 4.90. The minimum absolute atomic E-state index is 0.0925. The highest BCUT2D eigenvalue weighted by molar-refractivity contribution is 7.99. The summed E-state index contributed by atoms with van der Waals surface area (Å²) in [5.74, 6) is 1.66. The molecule has 1 N–H and O–H groups in total. The van der Waals surface area contributed by atoms with Gasteiger partial charge in [0.25, 0.3) is 5.56 Å². The van der Waals surface area contributed by atoms with Crippen molar-refractivity contribution in [1.82, 2.24) is 14.9 Å². The van der Waals surface area contributed by atoms with E-state index in [4.69, 9.17) is 4.74 Å². The molecule has 0 bridgehead atoms. The molecule has 1 aromatic carbocycles. The summed E-state index contributed by atoms with van der Waals surface area (Å²) in [5.41, 5.74) is 2.84. The Kier molecular flexibility index (Phi) is 6.57. The number of ether oxygens (including phenoxy) is 1. The van der Waals surface area contributed by atoms with E-state index in [0.717, 1.165) is 52.7 Å². The lowest BCUT2D eigenvalue weighted by molar-refractivity contribution is 0.324. The van der Waals surface area contributed by atoms with E-state index in [2.05, 4.69) is 28.7 Å². The van der Waals surface area contributed by atoms with Gasteiger partial charge in [0.1, 0.15) is 10.6 Å². The SMILES string of the molecule is CCN(CC)CCSc1nc2scc(-c3cc(C)ccc3OC)c2c(=O)[nH]1. The average Bonchev–Trinajstić information content (AvgIpc) is 3.09. The quantitative estimate of drug-likeness (QED) is 0.446. The summed E-state index contributed by atoms with van der Waals surface area (Å²) < 4.78 is 5.50. The molecule has 3 aromatic rings. The molecule has 0 saturated carbocycles. The highest BCUT2D eigenvalue weighted by atomic mass is 32.2. The molecular weight excluding hydrogens is 378 g/mol. The lowest BCUT2D eigenvalue weighted by Crippen LogP contribution is -2.25. The zero-order chi connectivity index (χ0) is 19.4. The second kappa shape index (κ2) is 8.91. The Bertz CT molecular complexity index is 977. The average molecular weight is 404 g/mol. The molecule has 0 radical (unpaired) electrons. The van der Waals surface area contributed by atoms with Crippen LogP contribution in [0.5, 0.6) is 5.75 Å². The van der Waals surface area contributed by atoms with Crippen molar-refractivity contribution in [3.8, 4) is 16.9 Å². The van der Waals surface area contributed by atoms with Gasteiger partial charge in [-0.2, -0.15) is 0 Å². The molecule has 27 heavy (non-hydrogen) atoms. The number of thiophene rings is 1. The van der Waals surface area contributed by atoms with Crippen molar-refractivity contribution >= 4 is 33.3 Å². The fourth-order valence-electron chi connectivity index (χ4n) is 3.04. The van der Waals surface area contributed by atoms with Crippen LogP contribution in [0.4, 0.5) is 0 Å². The topological polar surface area (TPSA) is 58.2 Å². The molecule has 2 heterocycles. The maximum Gasteiger partial charge on any atom is 0.260 e. The Morgan fingerprint density at radius 2 is 2.04 bits per heavy atom. The Morgan fingerprint density at radius 1 is 1.26 bits per heavy atom. The van der Waals surface area contributed by atoms with Gasteiger partial charge in [0.15, 0.2) is 5.16 Å². The first-order valence-electron chi connectivity index (χ1n) is 9.09. The summed E-state index contributed by atoms with van der Waals surface area (Å²) in [5, 5.41) is 3.32. The third kappa shape index (κ3) is 4.36. The van der Waals surface area contributed by atoms with Crippen LogP contribution in [0.1, 0.15) is 19.4 Å². The Morgan fingerprint density at radius 3 is 2.74 bits per heavy atom. The van der Waals surface area contributed by atoms with Gasteiger partial charge in [0, 0.05) is 28.8 Å². The first-order chi connectivity index (χ1) is 13.1. The molecule has 0 atom stereocenters. The zero-order valence-corrected chi connectivity index (χ0v) is 17.8. The van der Waals surface area contributed by atoms with E-state index in [-0.39, 0.29) is 5.56 Å². The maximum atomic E-state index is 12.8. The number of thioether (sulfide) groups is 1. The van der Waals surface area contributed by atoms with Gasteiger partial charge in [-0.25, -0.2) is 4.98 Å². The van der Waals surface area contributed by atoms with E-state index >= 15 is 0 Å². The van der Waals surface area contributed by atoms with Crippen LogP contribution in [0, 0.1) is 6.92 Å². The number of hydrogen-bond donors (Lipinski definition) is 1. The first kappa shape index (κ1) is 19.9. The Hall–Kier alpha value is -1.83. The molecule has 0 fully saturated rings. The first-order valence-corrected chi connectivity index (χ1v) is 11.0. The van der Waals surface area contributed by atoms with Crippen LogP contribution < -0.4 is 10.3 Å². The molecule has 3 rings (SSSR count). The summed E-state index contributed by atoms with van der Waals surface area (Å²) in [6.45, 7) is 9.40. The minimum Gasteiger partial charge on any atom is -0.496 e. The number of benzene rings is 1. The summed E-state index contributed by atoms with van der Waals surface area (Å²) in [6, 6.07) is 5.99. The molecular formula is C20H25N3O2S2. The molecule has 0 amide bonds. The van der Waals surface area contributed by atoms with Crippen LogP contribution in [0.25, 0.3) is 21.3 Å². The molecule has 0 spiro atoms. The minimum atomic E-state index is -0.0925. The molecule has 144 valence electrons. The molecule has 0 aliphatic heterocycles. The second-order valence-corrected chi connectivity index (χ2v) is 8.22. The number of hydrogen-bond acceptors (Lipinski definition) is 6.